The van der Waals surface area contributed by atoms with E-state index in [0.29, 0.717) is 29.3 Å². The van der Waals surface area contributed by atoms with E-state index in [2.05, 4.69) is 10.6 Å². The average molecular weight is 416 g/mol. The standard InChI is InChI=1S/C22H28N2O6/c1-28-17-6-16(7-18(8-17)29-2)20(26)30-12-19(25)23-21(27)24-22-9-13-3-14(10-22)5-15(4-13)11-22/h6-8,13-15H,3-5,9-12H2,1-2H3,(H2,23,24,25,27). The van der Waals surface area contributed by atoms with Gasteiger partial charge in [-0.25, -0.2) is 9.59 Å². The molecule has 0 spiro atoms. The number of ether oxygens (including phenoxy) is 3. The van der Waals surface area contributed by atoms with Gasteiger partial charge in [-0.15, -0.1) is 0 Å². The fourth-order valence-corrected chi connectivity index (χ4v) is 5.84. The SMILES string of the molecule is COc1cc(OC)cc(C(=O)OCC(=O)NC(=O)NC23CC4CC(CC(C4)C2)C3)c1. The van der Waals surface area contributed by atoms with Gasteiger partial charge >= 0.3 is 12.0 Å². The second-order valence-corrected chi connectivity index (χ2v) is 8.88. The molecule has 0 saturated heterocycles. The fraction of sp³-hybridized carbons (Fsp3) is 0.591. The number of imide groups is 1. The topological polar surface area (TPSA) is 103 Å². The third-order valence-electron chi connectivity index (χ3n) is 6.59. The number of nitrogens with one attached hydrogen (secondary N) is 2. The lowest BCUT2D eigenvalue weighted by Crippen LogP contribution is -2.62. The summed E-state index contributed by atoms with van der Waals surface area (Å²) in [6.07, 6.45) is 6.79. The molecule has 1 aromatic rings. The summed E-state index contributed by atoms with van der Waals surface area (Å²) in [7, 11) is 2.94. The van der Waals surface area contributed by atoms with Crippen LogP contribution in [0, 0.1) is 17.8 Å². The number of esters is 1. The summed E-state index contributed by atoms with van der Waals surface area (Å²) in [6.45, 7) is -0.549. The maximum absolute atomic E-state index is 12.4. The van der Waals surface area contributed by atoms with Gasteiger partial charge in [0.25, 0.3) is 5.91 Å². The van der Waals surface area contributed by atoms with Gasteiger partial charge in [0.15, 0.2) is 6.61 Å². The van der Waals surface area contributed by atoms with E-state index in [1.54, 1.807) is 6.07 Å². The Morgan fingerprint density at radius 1 is 0.933 bits per heavy atom. The predicted octanol–water partition coefficient (Wildman–Crippen LogP) is 2.66. The van der Waals surface area contributed by atoms with Crippen molar-refractivity contribution in [2.45, 2.75) is 44.1 Å². The zero-order valence-electron chi connectivity index (χ0n) is 17.4. The van der Waals surface area contributed by atoms with Gasteiger partial charge in [-0.2, -0.15) is 0 Å². The lowest BCUT2D eigenvalue weighted by molar-refractivity contribution is -0.123. The van der Waals surface area contributed by atoms with Gasteiger partial charge in [-0.3, -0.25) is 10.1 Å². The highest BCUT2D eigenvalue weighted by atomic mass is 16.5. The number of carbonyl (C=O) groups is 3. The molecule has 0 atom stereocenters. The first-order valence-corrected chi connectivity index (χ1v) is 10.4. The van der Waals surface area contributed by atoms with E-state index in [0.717, 1.165) is 19.3 Å². The summed E-state index contributed by atoms with van der Waals surface area (Å²) in [4.78, 5) is 36.8. The van der Waals surface area contributed by atoms with Gasteiger partial charge in [-0.1, -0.05) is 0 Å². The minimum atomic E-state index is -0.705. The summed E-state index contributed by atoms with van der Waals surface area (Å²) in [5, 5.41) is 5.35. The van der Waals surface area contributed by atoms with Crippen LogP contribution in [0.15, 0.2) is 18.2 Å². The van der Waals surface area contributed by atoms with Crippen LogP contribution < -0.4 is 20.1 Å². The van der Waals surface area contributed by atoms with Crippen LogP contribution in [-0.2, 0) is 9.53 Å². The normalized spacial score (nSPS) is 28.5. The monoisotopic (exact) mass is 416 g/mol. The largest absolute Gasteiger partial charge is 0.497 e. The Morgan fingerprint density at radius 2 is 1.47 bits per heavy atom. The van der Waals surface area contributed by atoms with Crippen molar-refractivity contribution in [2.24, 2.45) is 17.8 Å². The highest BCUT2D eigenvalue weighted by Crippen LogP contribution is 2.55. The molecule has 0 radical (unpaired) electrons. The van der Waals surface area contributed by atoms with Crippen LogP contribution in [-0.4, -0.2) is 44.3 Å². The Hall–Kier alpha value is -2.77. The van der Waals surface area contributed by atoms with E-state index >= 15 is 0 Å². The molecular formula is C22H28N2O6. The number of hydrogen-bond acceptors (Lipinski definition) is 6. The lowest BCUT2D eigenvalue weighted by atomic mass is 9.53. The molecule has 4 aliphatic rings. The first kappa shape index (κ1) is 20.5. The number of hydrogen-bond donors (Lipinski definition) is 2. The highest BCUT2D eigenvalue weighted by Gasteiger charge is 2.51. The minimum Gasteiger partial charge on any atom is -0.497 e. The molecule has 2 N–H and O–H groups in total. The molecule has 0 aliphatic heterocycles. The first-order valence-electron chi connectivity index (χ1n) is 10.4. The van der Waals surface area contributed by atoms with Gasteiger partial charge < -0.3 is 19.5 Å². The third-order valence-corrected chi connectivity index (χ3v) is 6.59. The van der Waals surface area contributed by atoms with Crippen LogP contribution in [0.25, 0.3) is 0 Å². The number of methoxy groups -OCH3 is 2. The van der Waals surface area contributed by atoms with E-state index < -0.39 is 24.5 Å². The molecule has 8 nitrogen and oxygen atoms in total. The molecule has 0 unspecified atom stereocenters. The van der Waals surface area contributed by atoms with Crippen LogP contribution in [0.4, 0.5) is 4.79 Å². The second-order valence-electron chi connectivity index (χ2n) is 8.88. The Morgan fingerprint density at radius 3 is 1.97 bits per heavy atom. The third kappa shape index (κ3) is 4.37. The van der Waals surface area contributed by atoms with Crippen LogP contribution >= 0.6 is 0 Å². The zero-order chi connectivity index (χ0) is 21.3. The fourth-order valence-electron chi connectivity index (χ4n) is 5.84. The quantitative estimate of drug-likeness (QED) is 0.691. The van der Waals surface area contributed by atoms with Crippen LogP contribution in [0.1, 0.15) is 48.9 Å². The maximum Gasteiger partial charge on any atom is 0.338 e. The Balaban J connectivity index is 1.28. The summed E-state index contributed by atoms with van der Waals surface area (Å²) in [6, 6.07) is 4.09. The van der Waals surface area contributed by atoms with E-state index in [1.807, 2.05) is 0 Å². The van der Waals surface area contributed by atoms with E-state index in [9.17, 15) is 14.4 Å². The Labute approximate surface area is 175 Å². The molecule has 4 fully saturated rings. The van der Waals surface area contributed by atoms with Crippen molar-refractivity contribution in [3.05, 3.63) is 23.8 Å². The van der Waals surface area contributed by atoms with Gasteiger partial charge in [0, 0.05) is 11.6 Å². The van der Waals surface area contributed by atoms with Crippen molar-refractivity contribution in [3.8, 4) is 11.5 Å². The number of benzene rings is 1. The molecule has 8 heteroatoms. The average Bonchev–Trinajstić information content (AvgIpc) is 2.69. The zero-order valence-corrected chi connectivity index (χ0v) is 17.4. The number of carbonyl (C=O) groups excluding carboxylic acids is 3. The highest BCUT2D eigenvalue weighted by molar-refractivity contribution is 5.97. The predicted molar refractivity (Wildman–Crippen MR) is 107 cm³/mol. The van der Waals surface area contributed by atoms with Crippen molar-refractivity contribution < 1.29 is 28.6 Å². The molecule has 0 aromatic heterocycles. The van der Waals surface area contributed by atoms with Crippen LogP contribution in [0.2, 0.25) is 0 Å². The molecule has 3 amide bonds. The number of rotatable bonds is 6. The summed E-state index contributed by atoms with van der Waals surface area (Å²) >= 11 is 0. The molecule has 30 heavy (non-hydrogen) atoms. The minimum absolute atomic E-state index is 0.188. The van der Waals surface area contributed by atoms with Gasteiger partial charge in [-0.05, 0) is 68.4 Å². The molecule has 1 aromatic carbocycles. The molecule has 4 bridgehead atoms. The van der Waals surface area contributed by atoms with Crippen molar-refractivity contribution >= 4 is 17.9 Å². The van der Waals surface area contributed by atoms with Gasteiger partial charge in [0.05, 0.1) is 19.8 Å². The van der Waals surface area contributed by atoms with Crippen molar-refractivity contribution in [1.29, 1.82) is 0 Å². The molecular weight excluding hydrogens is 388 g/mol. The van der Waals surface area contributed by atoms with Gasteiger partial charge in [0.2, 0.25) is 0 Å². The van der Waals surface area contributed by atoms with E-state index in [-0.39, 0.29) is 11.1 Å². The van der Waals surface area contributed by atoms with E-state index in [4.69, 9.17) is 14.2 Å². The summed E-state index contributed by atoms with van der Waals surface area (Å²) < 4.78 is 15.3. The maximum atomic E-state index is 12.4. The lowest BCUT2D eigenvalue weighted by Gasteiger charge is -2.56. The molecule has 5 rings (SSSR count). The van der Waals surface area contributed by atoms with Crippen molar-refractivity contribution in [1.82, 2.24) is 10.6 Å². The van der Waals surface area contributed by atoms with E-state index in [1.165, 1.54) is 45.6 Å². The van der Waals surface area contributed by atoms with Gasteiger partial charge in [0.1, 0.15) is 11.5 Å². The first-order chi connectivity index (χ1) is 14.4. The van der Waals surface area contributed by atoms with Crippen LogP contribution in [0.5, 0.6) is 11.5 Å². The van der Waals surface area contributed by atoms with Crippen LogP contribution in [0.3, 0.4) is 0 Å². The van der Waals surface area contributed by atoms with Crippen molar-refractivity contribution in [2.75, 3.05) is 20.8 Å². The van der Waals surface area contributed by atoms with Crippen molar-refractivity contribution in [3.63, 3.8) is 0 Å². The summed E-state index contributed by atoms with van der Waals surface area (Å²) in [5.41, 5.74) is 0.00412. The molecule has 0 heterocycles. The molecule has 4 saturated carbocycles. The smallest absolute Gasteiger partial charge is 0.338 e. The second kappa shape index (κ2) is 8.16. The molecule has 162 valence electrons. The molecule has 4 aliphatic carbocycles. The summed E-state index contributed by atoms with van der Waals surface area (Å²) in [5.74, 6) is 1.56. The Kier molecular flexibility index (Phi) is 5.58. The Bertz CT molecular complexity index is 794. The number of amides is 3. The number of urea groups is 1.